The van der Waals surface area contributed by atoms with Crippen LogP contribution >= 0.6 is 0 Å². The van der Waals surface area contributed by atoms with E-state index >= 15 is 0 Å². The van der Waals surface area contributed by atoms with Gasteiger partial charge in [0, 0.05) is 18.3 Å². The highest BCUT2D eigenvalue weighted by Gasteiger charge is 2.14. The molecule has 0 atom stereocenters. The Kier molecular flexibility index (Phi) is 5.62. The number of hydrogen-bond donors (Lipinski definition) is 2. The van der Waals surface area contributed by atoms with Crippen molar-refractivity contribution in [2.24, 2.45) is 0 Å². The number of rotatable bonds is 5. The van der Waals surface area contributed by atoms with Gasteiger partial charge in [0.25, 0.3) is 11.8 Å². The molecule has 0 saturated heterocycles. The molecule has 0 bridgehead atoms. The summed E-state index contributed by atoms with van der Waals surface area (Å²) in [6.07, 6.45) is 0. The number of carbonyl (C=O) groups is 3. The van der Waals surface area contributed by atoms with Crippen molar-refractivity contribution in [1.82, 2.24) is 5.32 Å². The second-order valence-electron chi connectivity index (χ2n) is 4.76. The molecule has 0 aliphatic carbocycles. The minimum absolute atomic E-state index is 0.236. The van der Waals surface area contributed by atoms with E-state index in [1.807, 2.05) is 0 Å². The SMILES string of the molecule is CNC(=O)c1ccc(NC(=O)COC(=O)c2ccccc2F)cc1. The minimum atomic E-state index is -0.918. The number of amides is 2. The minimum Gasteiger partial charge on any atom is -0.452 e. The first-order valence-corrected chi connectivity index (χ1v) is 7.05. The summed E-state index contributed by atoms with van der Waals surface area (Å²) in [5, 5.41) is 4.99. The number of nitrogens with one attached hydrogen (secondary N) is 2. The molecular weight excluding hydrogens is 315 g/mol. The fraction of sp³-hybridized carbons (Fsp3) is 0.118. The predicted octanol–water partition coefficient (Wildman–Crippen LogP) is 1.98. The van der Waals surface area contributed by atoms with Crippen LogP contribution in [-0.4, -0.2) is 31.4 Å². The predicted molar refractivity (Wildman–Crippen MR) is 85.1 cm³/mol. The first kappa shape index (κ1) is 17.1. The van der Waals surface area contributed by atoms with Crippen LogP contribution in [0, 0.1) is 5.82 Å². The van der Waals surface area contributed by atoms with Gasteiger partial charge in [-0.25, -0.2) is 9.18 Å². The van der Waals surface area contributed by atoms with Gasteiger partial charge in [0.05, 0.1) is 5.56 Å². The van der Waals surface area contributed by atoms with Gasteiger partial charge in [0.2, 0.25) is 0 Å². The Morgan fingerprint density at radius 3 is 2.33 bits per heavy atom. The lowest BCUT2D eigenvalue weighted by Crippen LogP contribution is -2.21. The number of esters is 1. The maximum absolute atomic E-state index is 13.4. The molecule has 0 radical (unpaired) electrons. The third kappa shape index (κ3) is 4.39. The molecule has 0 aliphatic rings. The number of carbonyl (C=O) groups excluding carboxylic acids is 3. The number of hydrogen-bond acceptors (Lipinski definition) is 4. The summed E-state index contributed by atoms with van der Waals surface area (Å²) in [6.45, 7) is -0.551. The summed E-state index contributed by atoms with van der Waals surface area (Å²) in [5.74, 6) is -2.45. The van der Waals surface area contributed by atoms with Crippen molar-refractivity contribution in [2.75, 3.05) is 19.0 Å². The van der Waals surface area contributed by atoms with Gasteiger partial charge in [-0.2, -0.15) is 0 Å². The van der Waals surface area contributed by atoms with E-state index < -0.39 is 24.3 Å². The Labute approximate surface area is 137 Å². The molecule has 0 unspecified atom stereocenters. The zero-order valence-corrected chi connectivity index (χ0v) is 12.8. The van der Waals surface area contributed by atoms with Gasteiger partial charge >= 0.3 is 5.97 Å². The Morgan fingerprint density at radius 2 is 1.71 bits per heavy atom. The van der Waals surface area contributed by atoms with Crippen LogP contribution in [-0.2, 0) is 9.53 Å². The third-order valence-electron chi connectivity index (χ3n) is 3.09. The second-order valence-corrected chi connectivity index (χ2v) is 4.76. The van der Waals surface area contributed by atoms with Crippen LogP contribution in [0.5, 0.6) is 0 Å². The van der Waals surface area contributed by atoms with Gasteiger partial charge in [-0.15, -0.1) is 0 Å². The van der Waals surface area contributed by atoms with Crippen molar-refractivity contribution in [2.45, 2.75) is 0 Å². The average Bonchev–Trinajstić information content (AvgIpc) is 2.60. The molecule has 2 N–H and O–H groups in total. The molecule has 2 rings (SSSR count). The Hall–Kier alpha value is -3.22. The van der Waals surface area contributed by atoms with Crippen molar-refractivity contribution in [1.29, 1.82) is 0 Å². The van der Waals surface area contributed by atoms with E-state index in [0.717, 1.165) is 6.07 Å². The molecule has 0 aromatic heterocycles. The molecule has 0 spiro atoms. The van der Waals surface area contributed by atoms with E-state index in [4.69, 9.17) is 4.74 Å². The van der Waals surface area contributed by atoms with Crippen LogP contribution in [0.4, 0.5) is 10.1 Å². The van der Waals surface area contributed by atoms with Crippen LogP contribution in [0.15, 0.2) is 48.5 Å². The fourth-order valence-corrected chi connectivity index (χ4v) is 1.88. The van der Waals surface area contributed by atoms with Gasteiger partial charge in [0.1, 0.15) is 5.82 Å². The van der Waals surface area contributed by atoms with Crippen molar-refractivity contribution >= 4 is 23.5 Å². The summed E-state index contributed by atoms with van der Waals surface area (Å²) in [7, 11) is 1.52. The fourth-order valence-electron chi connectivity index (χ4n) is 1.88. The lowest BCUT2D eigenvalue weighted by atomic mass is 10.2. The van der Waals surface area contributed by atoms with Crippen molar-refractivity contribution in [3.63, 3.8) is 0 Å². The molecule has 2 amide bonds. The molecule has 0 fully saturated rings. The number of anilines is 1. The smallest absolute Gasteiger partial charge is 0.341 e. The molecule has 6 nitrogen and oxygen atoms in total. The van der Waals surface area contributed by atoms with Crippen LogP contribution in [0.3, 0.4) is 0 Å². The highest BCUT2D eigenvalue weighted by molar-refractivity contribution is 5.97. The van der Waals surface area contributed by atoms with Crippen LogP contribution < -0.4 is 10.6 Å². The quantitative estimate of drug-likeness (QED) is 0.821. The summed E-state index contributed by atoms with van der Waals surface area (Å²) >= 11 is 0. The van der Waals surface area contributed by atoms with Crippen LogP contribution in [0.1, 0.15) is 20.7 Å². The molecule has 0 heterocycles. The summed E-state index contributed by atoms with van der Waals surface area (Å²) in [5.41, 5.74) is 0.649. The maximum Gasteiger partial charge on any atom is 0.341 e. The molecule has 7 heteroatoms. The first-order chi connectivity index (χ1) is 11.5. The monoisotopic (exact) mass is 330 g/mol. The van der Waals surface area contributed by atoms with E-state index in [1.165, 1.54) is 25.2 Å². The Balaban J connectivity index is 1.88. The van der Waals surface area contributed by atoms with E-state index in [-0.39, 0.29) is 11.5 Å². The van der Waals surface area contributed by atoms with Crippen LogP contribution in [0.25, 0.3) is 0 Å². The highest BCUT2D eigenvalue weighted by atomic mass is 19.1. The maximum atomic E-state index is 13.4. The molecule has 2 aromatic carbocycles. The Bertz CT molecular complexity index is 759. The molecule has 0 aliphatic heterocycles. The van der Waals surface area contributed by atoms with E-state index in [9.17, 15) is 18.8 Å². The van der Waals surface area contributed by atoms with Crippen LogP contribution in [0.2, 0.25) is 0 Å². The Morgan fingerprint density at radius 1 is 1.04 bits per heavy atom. The van der Waals surface area contributed by atoms with E-state index in [0.29, 0.717) is 11.3 Å². The third-order valence-corrected chi connectivity index (χ3v) is 3.09. The van der Waals surface area contributed by atoms with E-state index in [1.54, 1.807) is 24.3 Å². The van der Waals surface area contributed by atoms with Gasteiger partial charge in [0.15, 0.2) is 6.61 Å². The van der Waals surface area contributed by atoms with Crippen molar-refractivity contribution in [3.05, 3.63) is 65.5 Å². The zero-order valence-electron chi connectivity index (χ0n) is 12.8. The average molecular weight is 330 g/mol. The summed E-state index contributed by atoms with van der Waals surface area (Å²) < 4.78 is 18.2. The van der Waals surface area contributed by atoms with Crippen molar-refractivity contribution < 1.29 is 23.5 Å². The van der Waals surface area contributed by atoms with Gasteiger partial charge in [-0.3, -0.25) is 9.59 Å². The number of ether oxygens (including phenoxy) is 1. The zero-order chi connectivity index (χ0) is 17.5. The van der Waals surface area contributed by atoms with Gasteiger partial charge in [-0.1, -0.05) is 12.1 Å². The normalized spacial score (nSPS) is 9.92. The second kappa shape index (κ2) is 7.87. The number of benzene rings is 2. The molecule has 24 heavy (non-hydrogen) atoms. The largest absolute Gasteiger partial charge is 0.452 e. The number of halogens is 1. The summed E-state index contributed by atoms with van der Waals surface area (Å²) in [4.78, 5) is 34.8. The van der Waals surface area contributed by atoms with Crippen molar-refractivity contribution in [3.8, 4) is 0 Å². The summed E-state index contributed by atoms with van der Waals surface area (Å²) in [6, 6.07) is 11.5. The standard InChI is InChI=1S/C17H15FN2O4/c1-19-16(22)11-6-8-12(9-7-11)20-15(21)10-24-17(23)13-4-2-3-5-14(13)18/h2-9H,10H2,1H3,(H,19,22)(H,20,21). The lowest BCUT2D eigenvalue weighted by Gasteiger charge is -2.07. The molecular formula is C17H15FN2O4. The van der Waals surface area contributed by atoms with E-state index in [2.05, 4.69) is 10.6 Å². The molecule has 0 saturated carbocycles. The molecule has 2 aromatic rings. The first-order valence-electron chi connectivity index (χ1n) is 7.05. The molecule has 124 valence electrons. The lowest BCUT2D eigenvalue weighted by molar-refractivity contribution is -0.119. The highest BCUT2D eigenvalue weighted by Crippen LogP contribution is 2.10. The topological polar surface area (TPSA) is 84.5 Å². The van der Waals surface area contributed by atoms with Gasteiger partial charge < -0.3 is 15.4 Å². The van der Waals surface area contributed by atoms with Gasteiger partial charge in [-0.05, 0) is 36.4 Å².